The summed E-state index contributed by atoms with van der Waals surface area (Å²) in [7, 11) is -4.39. The maximum Gasteiger partial charge on any atom is 0.266 e. The van der Waals surface area contributed by atoms with Crippen molar-refractivity contribution in [3.05, 3.63) is 0 Å². The quantitative estimate of drug-likeness (QED) is 0.494. The molecule has 19 heavy (non-hydrogen) atoms. The van der Waals surface area contributed by atoms with Crippen molar-refractivity contribution in [2.24, 2.45) is 0 Å². The van der Waals surface area contributed by atoms with Gasteiger partial charge >= 0.3 is 0 Å². The van der Waals surface area contributed by atoms with E-state index in [1.807, 2.05) is 0 Å². The Morgan fingerprint density at radius 2 is 1.05 bits per heavy atom. The van der Waals surface area contributed by atoms with Crippen LogP contribution in [0.2, 0.25) is 0 Å². The fourth-order valence-corrected chi connectivity index (χ4v) is 2.46. The third-order valence-electron chi connectivity index (χ3n) is 2.54. The van der Waals surface area contributed by atoms with E-state index < -0.39 is 20.2 Å². The van der Waals surface area contributed by atoms with E-state index in [1.54, 1.807) is 23.9 Å². The average Bonchev–Trinajstić information content (AvgIpc) is 2.22. The summed E-state index contributed by atoms with van der Waals surface area (Å²) in [6, 6.07) is 0. The predicted octanol–water partition coefficient (Wildman–Crippen LogP) is -0.984. The number of hydrogen-bond donors (Lipinski definition) is 2. The molecule has 0 heterocycles. The molecule has 0 radical (unpaired) electrons. The topological polar surface area (TPSA) is 115 Å². The standard InChI is InChI=1S/C9H22N2O6S2/c1-10(6-8-18(12,13)14)4-3-5-11(2)7-9-19(15,16)17/h3-9H2,1-2H3,(H,12,13,14)(H,15,16,17). The van der Waals surface area contributed by atoms with Crippen LogP contribution in [0.1, 0.15) is 6.42 Å². The minimum atomic E-state index is -3.93. The highest BCUT2D eigenvalue weighted by atomic mass is 32.2. The fraction of sp³-hybridized carbons (Fsp3) is 1.00. The van der Waals surface area contributed by atoms with Gasteiger partial charge in [-0.15, -0.1) is 0 Å². The second kappa shape index (κ2) is 8.12. The van der Waals surface area contributed by atoms with Gasteiger partial charge in [0.15, 0.2) is 0 Å². The molecule has 0 fully saturated rings. The molecule has 0 unspecified atom stereocenters. The summed E-state index contributed by atoms with van der Waals surface area (Å²) in [5.41, 5.74) is 0. The Balaban J connectivity index is 3.72. The van der Waals surface area contributed by atoms with Crippen molar-refractivity contribution in [3.8, 4) is 0 Å². The van der Waals surface area contributed by atoms with Crippen molar-refractivity contribution in [2.45, 2.75) is 6.42 Å². The first-order valence-electron chi connectivity index (χ1n) is 5.77. The summed E-state index contributed by atoms with van der Waals surface area (Å²) in [5, 5.41) is 0. The van der Waals surface area contributed by atoms with Gasteiger partial charge in [0.25, 0.3) is 20.2 Å². The molecule has 116 valence electrons. The first kappa shape index (κ1) is 18.7. The Kier molecular flexibility index (Phi) is 8.01. The Labute approximate surface area is 114 Å². The van der Waals surface area contributed by atoms with Gasteiger partial charge in [-0.3, -0.25) is 9.11 Å². The first-order valence-corrected chi connectivity index (χ1v) is 8.99. The second-order valence-electron chi connectivity index (χ2n) is 4.53. The van der Waals surface area contributed by atoms with E-state index in [-0.39, 0.29) is 24.6 Å². The van der Waals surface area contributed by atoms with E-state index in [2.05, 4.69) is 0 Å². The SMILES string of the molecule is CN(CCCN(C)CCS(=O)(=O)O)CCS(=O)(=O)O. The molecule has 0 aliphatic heterocycles. The molecule has 0 atom stereocenters. The Morgan fingerprint density at radius 1 is 0.737 bits per heavy atom. The van der Waals surface area contributed by atoms with Crippen LogP contribution in [-0.4, -0.2) is 87.5 Å². The van der Waals surface area contributed by atoms with E-state index >= 15 is 0 Å². The predicted molar refractivity (Wildman–Crippen MR) is 72.4 cm³/mol. The summed E-state index contributed by atoms with van der Waals surface area (Å²) >= 11 is 0. The lowest BCUT2D eigenvalue weighted by Gasteiger charge is -2.19. The van der Waals surface area contributed by atoms with Crippen molar-refractivity contribution >= 4 is 20.2 Å². The van der Waals surface area contributed by atoms with Crippen LogP contribution >= 0.6 is 0 Å². The van der Waals surface area contributed by atoms with Crippen LogP contribution in [0.25, 0.3) is 0 Å². The van der Waals surface area contributed by atoms with Crippen LogP contribution in [0, 0.1) is 0 Å². The van der Waals surface area contributed by atoms with Crippen molar-refractivity contribution in [2.75, 3.05) is 51.8 Å². The van der Waals surface area contributed by atoms with Crippen molar-refractivity contribution in [1.29, 1.82) is 0 Å². The molecule has 0 rings (SSSR count). The van der Waals surface area contributed by atoms with Crippen LogP contribution in [0.3, 0.4) is 0 Å². The molecule has 0 aromatic rings. The summed E-state index contributed by atoms with van der Waals surface area (Å²) in [6.07, 6.45) is 0.726. The number of nitrogens with zero attached hydrogens (tertiary/aromatic N) is 2. The molecule has 10 heteroatoms. The van der Waals surface area contributed by atoms with E-state index in [0.717, 1.165) is 6.42 Å². The van der Waals surface area contributed by atoms with Crippen LogP contribution in [0.15, 0.2) is 0 Å². The minimum absolute atomic E-state index is 0.244. The third-order valence-corrected chi connectivity index (χ3v) is 3.94. The van der Waals surface area contributed by atoms with Crippen molar-refractivity contribution in [3.63, 3.8) is 0 Å². The van der Waals surface area contributed by atoms with Gasteiger partial charge in [-0.05, 0) is 33.6 Å². The molecule has 2 N–H and O–H groups in total. The van der Waals surface area contributed by atoms with E-state index in [1.165, 1.54) is 0 Å². The molecule has 0 saturated heterocycles. The number of hydrogen-bond acceptors (Lipinski definition) is 6. The van der Waals surface area contributed by atoms with Gasteiger partial charge in [-0.1, -0.05) is 0 Å². The third kappa shape index (κ3) is 14.0. The van der Waals surface area contributed by atoms with Gasteiger partial charge in [0, 0.05) is 13.1 Å². The molecule has 0 saturated carbocycles. The molecule has 0 aromatic carbocycles. The van der Waals surface area contributed by atoms with Crippen LogP contribution in [0.4, 0.5) is 0 Å². The zero-order chi connectivity index (χ0) is 15.1. The zero-order valence-corrected chi connectivity index (χ0v) is 12.8. The van der Waals surface area contributed by atoms with Crippen LogP contribution < -0.4 is 0 Å². The van der Waals surface area contributed by atoms with Crippen LogP contribution in [0.5, 0.6) is 0 Å². The molecule has 0 amide bonds. The average molecular weight is 318 g/mol. The Morgan fingerprint density at radius 3 is 1.32 bits per heavy atom. The maximum absolute atomic E-state index is 10.5. The normalized spacial score (nSPS) is 13.4. The molecule has 0 bridgehead atoms. The van der Waals surface area contributed by atoms with Gasteiger partial charge in [0.1, 0.15) is 0 Å². The number of rotatable bonds is 10. The second-order valence-corrected chi connectivity index (χ2v) is 7.68. The van der Waals surface area contributed by atoms with Gasteiger partial charge in [-0.2, -0.15) is 16.8 Å². The molecule has 0 spiro atoms. The van der Waals surface area contributed by atoms with E-state index in [9.17, 15) is 16.8 Å². The van der Waals surface area contributed by atoms with E-state index in [0.29, 0.717) is 13.1 Å². The molecule has 8 nitrogen and oxygen atoms in total. The molecule has 0 aliphatic rings. The highest BCUT2D eigenvalue weighted by Gasteiger charge is 2.09. The molecule has 0 aliphatic carbocycles. The van der Waals surface area contributed by atoms with Gasteiger partial charge < -0.3 is 9.80 Å². The lowest BCUT2D eigenvalue weighted by molar-refractivity contribution is 0.291. The Bertz CT molecular complexity index is 405. The monoisotopic (exact) mass is 318 g/mol. The van der Waals surface area contributed by atoms with E-state index in [4.69, 9.17) is 9.11 Å². The smallest absolute Gasteiger partial charge is 0.266 e. The largest absolute Gasteiger partial charge is 0.305 e. The lowest BCUT2D eigenvalue weighted by Crippen LogP contribution is -2.31. The summed E-state index contributed by atoms with van der Waals surface area (Å²) in [5.74, 6) is -0.607. The maximum atomic E-state index is 10.5. The van der Waals surface area contributed by atoms with Crippen LogP contribution in [-0.2, 0) is 20.2 Å². The molecule has 0 aromatic heterocycles. The lowest BCUT2D eigenvalue weighted by atomic mass is 10.3. The molecular weight excluding hydrogens is 296 g/mol. The fourth-order valence-electron chi connectivity index (χ4n) is 1.38. The minimum Gasteiger partial charge on any atom is -0.305 e. The zero-order valence-electron chi connectivity index (χ0n) is 11.2. The first-order chi connectivity index (χ1) is 8.49. The molecular formula is C9H22N2O6S2. The van der Waals surface area contributed by atoms with Gasteiger partial charge in [0.2, 0.25) is 0 Å². The highest BCUT2D eigenvalue weighted by molar-refractivity contribution is 7.86. The van der Waals surface area contributed by atoms with Gasteiger partial charge in [0.05, 0.1) is 11.5 Å². The summed E-state index contributed by atoms with van der Waals surface area (Å²) in [4.78, 5) is 3.54. The summed E-state index contributed by atoms with van der Waals surface area (Å²) in [6.45, 7) is 1.75. The van der Waals surface area contributed by atoms with Crippen molar-refractivity contribution in [1.82, 2.24) is 9.80 Å². The van der Waals surface area contributed by atoms with Gasteiger partial charge in [-0.25, -0.2) is 0 Å². The Hall–Kier alpha value is -0.260. The summed E-state index contributed by atoms with van der Waals surface area (Å²) < 4.78 is 59.3. The van der Waals surface area contributed by atoms with Crippen molar-refractivity contribution < 1.29 is 25.9 Å². The highest BCUT2D eigenvalue weighted by Crippen LogP contribution is 1.94.